The summed E-state index contributed by atoms with van der Waals surface area (Å²) in [7, 11) is 0.833. The second-order valence-electron chi connectivity index (χ2n) is 3.75. The Kier molecular flexibility index (Phi) is 4.86. The molecule has 0 aliphatic carbocycles. The highest BCUT2D eigenvalue weighted by molar-refractivity contribution is 7.90. The number of sulfone groups is 1. The minimum absolute atomic E-state index is 0.250. The standard InChI is InChI=1S/C11H16BO3S/c1-15-11-6-4-10(5-7-11)12-8-3-9-16(2,13)14/h4-7H,3,8-9H2,1-2H3. The highest BCUT2D eigenvalue weighted by atomic mass is 32.2. The van der Waals surface area contributed by atoms with Gasteiger partial charge in [-0.25, -0.2) is 8.42 Å². The molecule has 5 heteroatoms. The van der Waals surface area contributed by atoms with Crippen LogP contribution in [0.5, 0.6) is 5.75 Å². The topological polar surface area (TPSA) is 43.4 Å². The van der Waals surface area contributed by atoms with E-state index in [1.54, 1.807) is 7.11 Å². The molecule has 0 aliphatic heterocycles. The van der Waals surface area contributed by atoms with Crippen LogP contribution in [0, 0.1) is 0 Å². The molecular weight excluding hydrogens is 223 g/mol. The monoisotopic (exact) mass is 239 g/mol. The van der Waals surface area contributed by atoms with Crippen molar-refractivity contribution in [2.24, 2.45) is 0 Å². The first kappa shape index (κ1) is 13.1. The molecule has 16 heavy (non-hydrogen) atoms. The first-order valence-electron chi connectivity index (χ1n) is 5.16. The maximum absolute atomic E-state index is 10.9. The Morgan fingerprint density at radius 1 is 1.25 bits per heavy atom. The van der Waals surface area contributed by atoms with Crippen molar-refractivity contribution in [1.82, 2.24) is 0 Å². The Bertz CT molecular complexity index is 411. The van der Waals surface area contributed by atoms with E-state index in [4.69, 9.17) is 4.74 Å². The van der Waals surface area contributed by atoms with Gasteiger partial charge in [0, 0.05) is 12.0 Å². The summed E-state index contributed by atoms with van der Waals surface area (Å²) in [6.45, 7) is 0. The molecule has 87 valence electrons. The van der Waals surface area contributed by atoms with Crippen molar-refractivity contribution in [3.8, 4) is 5.75 Å². The Balaban J connectivity index is 2.32. The molecule has 0 bridgehead atoms. The van der Waals surface area contributed by atoms with Crippen LogP contribution in [-0.4, -0.2) is 34.8 Å². The lowest BCUT2D eigenvalue weighted by Crippen LogP contribution is -2.14. The molecule has 1 aromatic rings. The Labute approximate surface area is 98.0 Å². The molecule has 0 heterocycles. The number of hydrogen-bond donors (Lipinski definition) is 0. The summed E-state index contributed by atoms with van der Waals surface area (Å²) in [6, 6.07) is 7.70. The van der Waals surface area contributed by atoms with Crippen LogP contribution in [0.1, 0.15) is 6.42 Å². The smallest absolute Gasteiger partial charge is 0.151 e. The number of ether oxygens (including phenoxy) is 1. The third kappa shape index (κ3) is 5.21. The van der Waals surface area contributed by atoms with Crippen LogP contribution in [0.25, 0.3) is 0 Å². The quantitative estimate of drug-likeness (QED) is 0.546. The van der Waals surface area contributed by atoms with Crippen molar-refractivity contribution in [2.75, 3.05) is 19.1 Å². The fourth-order valence-electron chi connectivity index (χ4n) is 1.35. The molecule has 0 aromatic heterocycles. The van der Waals surface area contributed by atoms with Gasteiger partial charge in [0.25, 0.3) is 0 Å². The lowest BCUT2D eigenvalue weighted by molar-refractivity contribution is 0.415. The molecule has 0 spiro atoms. The molecule has 0 amide bonds. The second kappa shape index (κ2) is 5.94. The minimum Gasteiger partial charge on any atom is -0.497 e. The summed E-state index contributed by atoms with van der Waals surface area (Å²) in [5.41, 5.74) is 1.09. The van der Waals surface area contributed by atoms with Crippen LogP contribution >= 0.6 is 0 Å². The van der Waals surface area contributed by atoms with Crippen molar-refractivity contribution in [3.63, 3.8) is 0 Å². The Hall–Kier alpha value is -0.965. The summed E-state index contributed by atoms with van der Waals surface area (Å²) in [4.78, 5) is 0. The lowest BCUT2D eigenvalue weighted by Gasteiger charge is -2.02. The van der Waals surface area contributed by atoms with Crippen molar-refractivity contribution in [2.45, 2.75) is 12.7 Å². The highest BCUT2D eigenvalue weighted by Gasteiger charge is 2.02. The van der Waals surface area contributed by atoms with Crippen LogP contribution in [0.2, 0.25) is 6.32 Å². The molecule has 0 saturated heterocycles. The molecular formula is C11H16BO3S. The summed E-state index contributed by atoms with van der Waals surface area (Å²) in [5, 5.41) is 0. The molecule has 1 aromatic carbocycles. The van der Waals surface area contributed by atoms with Gasteiger partial charge in [0.2, 0.25) is 0 Å². The molecule has 1 radical (unpaired) electrons. The molecule has 0 N–H and O–H groups in total. The van der Waals surface area contributed by atoms with Gasteiger partial charge < -0.3 is 4.74 Å². The van der Waals surface area contributed by atoms with E-state index in [1.165, 1.54) is 6.26 Å². The summed E-state index contributed by atoms with van der Waals surface area (Å²) >= 11 is 0. The predicted octanol–water partition coefficient (Wildman–Crippen LogP) is 0.878. The second-order valence-corrected chi connectivity index (χ2v) is 6.01. The molecule has 3 nitrogen and oxygen atoms in total. The minimum atomic E-state index is -2.83. The molecule has 0 atom stereocenters. The fraction of sp³-hybridized carbons (Fsp3) is 0.455. The van der Waals surface area contributed by atoms with E-state index in [2.05, 4.69) is 0 Å². The summed E-state index contributed by atoms with van der Waals surface area (Å²) in [5.74, 6) is 1.08. The van der Waals surface area contributed by atoms with Crippen molar-refractivity contribution < 1.29 is 13.2 Å². The average Bonchev–Trinajstić information content (AvgIpc) is 2.24. The summed E-state index contributed by atoms with van der Waals surface area (Å²) in [6.07, 6.45) is 2.71. The van der Waals surface area contributed by atoms with Crippen molar-refractivity contribution in [3.05, 3.63) is 24.3 Å². The van der Waals surface area contributed by atoms with Crippen molar-refractivity contribution >= 4 is 22.6 Å². The van der Waals surface area contributed by atoms with Gasteiger partial charge in [-0.15, -0.1) is 0 Å². The highest BCUT2D eigenvalue weighted by Crippen LogP contribution is 2.05. The molecule has 0 saturated carbocycles. The zero-order chi connectivity index (χ0) is 12.0. The van der Waals surface area contributed by atoms with Crippen LogP contribution in [0.15, 0.2) is 24.3 Å². The van der Waals surface area contributed by atoms with Crippen molar-refractivity contribution in [1.29, 1.82) is 0 Å². The van der Waals surface area contributed by atoms with Gasteiger partial charge in [0.05, 0.1) is 7.11 Å². The first-order valence-corrected chi connectivity index (χ1v) is 7.22. The zero-order valence-corrected chi connectivity index (χ0v) is 10.5. The lowest BCUT2D eigenvalue weighted by atomic mass is 9.66. The molecule has 0 unspecified atom stereocenters. The predicted molar refractivity (Wildman–Crippen MR) is 67.5 cm³/mol. The summed E-state index contributed by atoms with van der Waals surface area (Å²) < 4.78 is 26.8. The first-order chi connectivity index (χ1) is 7.51. The normalized spacial score (nSPS) is 11.1. The maximum atomic E-state index is 10.9. The van der Waals surface area contributed by atoms with Gasteiger partial charge in [0.1, 0.15) is 15.6 Å². The van der Waals surface area contributed by atoms with Gasteiger partial charge in [0.15, 0.2) is 7.28 Å². The Morgan fingerprint density at radius 2 is 1.88 bits per heavy atom. The van der Waals surface area contributed by atoms with E-state index < -0.39 is 9.84 Å². The SMILES string of the molecule is COc1ccc([B]CCCS(C)(=O)=O)cc1. The van der Waals surface area contributed by atoms with Crippen LogP contribution < -0.4 is 10.2 Å². The van der Waals surface area contributed by atoms with Crippen LogP contribution in [-0.2, 0) is 9.84 Å². The van der Waals surface area contributed by atoms with Crippen LogP contribution in [0.3, 0.4) is 0 Å². The largest absolute Gasteiger partial charge is 0.497 e. The number of hydrogen-bond acceptors (Lipinski definition) is 3. The van der Waals surface area contributed by atoms with Gasteiger partial charge in [-0.2, -0.15) is 0 Å². The Morgan fingerprint density at radius 3 is 2.38 bits per heavy atom. The van der Waals surface area contributed by atoms with E-state index in [0.29, 0.717) is 6.42 Å². The van der Waals surface area contributed by atoms with Gasteiger partial charge in [-0.1, -0.05) is 23.9 Å². The maximum Gasteiger partial charge on any atom is 0.151 e. The van der Waals surface area contributed by atoms with Gasteiger partial charge in [-0.3, -0.25) is 0 Å². The molecule has 0 aliphatic rings. The van der Waals surface area contributed by atoms with Gasteiger partial charge in [-0.05, 0) is 18.6 Å². The number of benzene rings is 1. The fourth-order valence-corrected chi connectivity index (χ4v) is 2.05. The molecule has 0 fully saturated rings. The number of rotatable bonds is 6. The van der Waals surface area contributed by atoms with E-state index >= 15 is 0 Å². The zero-order valence-electron chi connectivity index (χ0n) is 9.64. The van der Waals surface area contributed by atoms with Crippen LogP contribution in [0.4, 0.5) is 0 Å². The van der Waals surface area contributed by atoms with Gasteiger partial charge >= 0.3 is 0 Å². The van der Waals surface area contributed by atoms with E-state index in [0.717, 1.165) is 17.5 Å². The molecule has 1 rings (SSSR count). The third-order valence-electron chi connectivity index (χ3n) is 2.22. The van der Waals surface area contributed by atoms with E-state index in [9.17, 15) is 8.42 Å². The number of methoxy groups -OCH3 is 1. The average molecular weight is 239 g/mol. The van der Waals surface area contributed by atoms with E-state index in [1.807, 2.05) is 31.5 Å². The van der Waals surface area contributed by atoms with E-state index in [-0.39, 0.29) is 5.75 Å². The third-order valence-corrected chi connectivity index (χ3v) is 3.25.